The van der Waals surface area contributed by atoms with Gasteiger partial charge in [-0.1, -0.05) is 12.1 Å². The molecule has 1 atom stereocenters. The molecule has 2 heterocycles. The summed E-state index contributed by atoms with van der Waals surface area (Å²) in [6.45, 7) is 1.17. The lowest BCUT2D eigenvalue weighted by Gasteiger charge is -2.44. The fourth-order valence-electron chi connectivity index (χ4n) is 4.62. The van der Waals surface area contributed by atoms with Crippen LogP contribution < -0.4 is 32.6 Å². The van der Waals surface area contributed by atoms with Crippen molar-refractivity contribution >= 4 is 17.5 Å². The number of amides is 2. The Kier molecular flexibility index (Phi) is 6.52. The molecule has 5 rings (SSSR count). The molecule has 196 valence electrons. The normalized spacial score (nSPS) is 21.2. The van der Waals surface area contributed by atoms with Crippen LogP contribution in [0.1, 0.15) is 31.7 Å². The number of nitrogens with one attached hydrogen (secondary N) is 2. The van der Waals surface area contributed by atoms with Crippen LogP contribution in [0, 0.1) is 5.92 Å². The average molecular weight is 510 g/mol. The fraction of sp³-hybridized carbons (Fsp3) is 0.400. The Hall–Kier alpha value is -4.03. The van der Waals surface area contributed by atoms with E-state index in [0.29, 0.717) is 24.7 Å². The largest absolute Gasteiger partial charge is 0.494 e. The molecule has 2 amide bonds. The zero-order chi connectivity index (χ0) is 26.2. The second-order valence-corrected chi connectivity index (χ2v) is 9.34. The summed E-state index contributed by atoms with van der Waals surface area (Å²) < 4.78 is 19.3. The number of hydrogen-bond acceptors (Lipinski definition) is 9. The molecular weight excluding hydrogens is 478 g/mol. The molecule has 12 heteroatoms. The summed E-state index contributed by atoms with van der Waals surface area (Å²) in [5.74, 6) is -1.14. The highest BCUT2D eigenvalue weighted by atomic mass is 16.7. The Labute approximate surface area is 213 Å². The van der Waals surface area contributed by atoms with E-state index in [0.717, 1.165) is 36.8 Å². The molecule has 8 N–H and O–H groups in total. The summed E-state index contributed by atoms with van der Waals surface area (Å²) in [6.07, 6.45) is 8.44. The molecule has 3 aliphatic rings. The average Bonchev–Trinajstić information content (AvgIpc) is 3.39. The van der Waals surface area contributed by atoms with Gasteiger partial charge in [0, 0.05) is 35.7 Å². The van der Waals surface area contributed by atoms with Crippen LogP contribution in [0.25, 0.3) is 11.1 Å². The summed E-state index contributed by atoms with van der Waals surface area (Å²) >= 11 is 0. The molecule has 1 spiro atoms. The maximum atomic E-state index is 12.1. The standard InChI is InChI=1S/C25H31N7O5/c1-35-22-16(15-12-29-32(13-15)19-7-8-25(19)36-9-10-37-25)3-2-4-17(22)30-18(21(27)23(28)33)11-20(26)31-24(34)14-5-6-14/h2-4,11-14,19,30H,5-10,26-27H2,1H3,(H2,28,33)(H,31,34)/b20-11+,21-18+. The molecule has 0 bridgehead atoms. The molecule has 2 aliphatic carbocycles. The number of benzene rings is 1. The Bertz CT molecular complexity index is 1270. The number of allylic oxidation sites excluding steroid dienone is 1. The van der Waals surface area contributed by atoms with E-state index in [4.69, 9.17) is 31.4 Å². The monoisotopic (exact) mass is 509 g/mol. The Morgan fingerprint density at radius 2 is 1.95 bits per heavy atom. The van der Waals surface area contributed by atoms with E-state index in [2.05, 4.69) is 15.7 Å². The number of para-hydroxylation sites is 1. The molecule has 1 aromatic carbocycles. The van der Waals surface area contributed by atoms with Crippen LogP contribution in [0.5, 0.6) is 5.75 Å². The SMILES string of the molecule is COc1c(NC(/C=C(\N)NC(=O)C2CC2)=C(/N)C(N)=O)cccc1-c1cnn(C2CCC23OCCO3)c1. The third-order valence-electron chi connectivity index (χ3n) is 6.84. The van der Waals surface area contributed by atoms with Crippen LogP contribution in [0.4, 0.5) is 5.69 Å². The molecular formula is C25H31N7O5. The van der Waals surface area contributed by atoms with Gasteiger partial charge in [0.05, 0.1) is 37.9 Å². The van der Waals surface area contributed by atoms with E-state index in [-0.39, 0.29) is 35.1 Å². The Morgan fingerprint density at radius 3 is 2.57 bits per heavy atom. The van der Waals surface area contributed by atoms with E-state index < -0.39 is 11.7 Å². The van der Waals surface area contributed by atoms with E-state index in [9.17, 15) is 9.59 Å². The second-order valence-electron chi connectivity index (χ2n) is 9.34. The number of anilines is 1. The molecule has 1 saturated heterocycles. The van der Waals surface area contributed by atoms with Crippen molar-refractivity contribution in [3.63, 3.8) is 0 Å². The van der Waals surface area contributed by atoms with Gasteiger partial charge >= 0.3 is 0 Å². The van der Waals surface area contributed by atoms with Gasteiger partial charge in [0.15, 0.2) is 5.79 Å². The van der Waals surface area contributed by atoms with Gasteiger partial charge in [0.1, 0.15) is 23.3 Å². The van der Waals surface area contributed by atoms with Crippen molar-refractivity contribution < 1.29 is 23.8 Å². The Morgan fingerprint density at radius 1 is 1.19 bits per heavy atom. The van der Waals surface area contributed by atoms with Crippen LogP contribution in [-0.2, 0) is 19.1 Å². The van der Waals surface area contributed by atoms with Gasteiger partial charge in [-0.3, -0.25) is 14.3 Å². The lowest BCUT2D eigenvalue weighted by atomic mass is 9.85. The Balaban J connectivity index is 1.42. The van der Waals surface area contributed by atoms with E-state index in [1.54, 1.807) is 12.3 Å². The highest BCUT2D eigenvalue weighted by molar-refractivity contribution is 5.93. The van der Waals surface area contributed by atoms with Gasteiger partial charge in [0.2, 0.25) is 5.91 Å². The molecule has 1 unspecified atom stereocenters. The summed E-state index contributed by atoms with van der Waals surface area (Å²) in [5.41, 5.74) is 19.4. The molecule has 12 nitrogen and oxygen atoms in total. The molecule has 0 radical (unpaired) electrons. The molecule has 1 aromatic heterocycles. The van der Waals surface area contributed by atoms with Crippen LogP contribution in [-0.4, -0.2) is 47.7 Å². The molecule has 3 fully saturated rings. The van der Waals surface area contributed by atoms with Crippen molar-refractivity contribution in [2.24, 2.45) is 23.1 Å². The van der Waals surface area contributed by atoms with Gasteiger partial charge in [-0.15, -0.1) is 0 Å². The van der Waals surface area contributed by atoms with Gasteiger partial charge in [0.25, 0.3) is 5.91 Å². The van der Waals surface area contributed by atoms with Crippen LogP contribution in [0.2, 0.25) is 0 Å². The van der Waals surface area contributed by atoms with Crippen molar-refractivity contribution in [1.82, 2.24) is 15.1 Å². The van der Waals surface area contributed by atoms with Crippen molar-refractivity contribution in [2.75, 3.05) is 25.6 Å². The highest BCUT2D eigenvalue weighted by Crippen LogP contribution is 2.48. The molecule has 1 aliphatic heterocycles. The van der Waals surface area contributed by atoms with Crippen LogP contribution in [0.3, 0.4) is 0 Å². The van der Waals surface area contributed by atoms with E-state index in [1.165, 1.54) is 13.2 Å². The number of primary amides is 1. The number of ether oxygens (including phenoxy) is 3. The quantitative estimate of drug-likeness (QED) is 0.243. The van der Waals surface area contributed by atoms with Crippen LogP contribution in [0.15, 0.2) is 53.9 Å². The number of carbonyl (C=O) groups excluding carboxylic acids is 2. The third-order valence-corrected chi connectivity index (χ3v) is 6.84. The first-order valence-corrected chi connectivity index (χ1v) is 12.2. The minimum Gasteiger partial charge on any atom is -0.494 e. The minimum atomic E-state index is -0.845. The number of methoxy groups -OCH3 is 1. The first-order chi connectivity index (χ1) is 17.8. The number of nitrogens with zero attached hydrogens (tertiary/aromatic N) is 2. The number of hydrogen-bond donors (Lipinski definition) is 5. The van der Waals surface area contributed by atoms with Crippen molar-refractivity contribution in [3.8, 4) is 16.9 Å². The molecule has 37 heavy (non-hydrogen) atoms. The summed E-state index contributed by atoms with van der Waals surface area (Å²) in [7, 11) is 1.54. The van der Waals surface area contributed by atoms with E-state index >= 15 is 0 Å². The van der Waals surface area contributed by atoms with Crippen LogP contribution >= 0.6 is 0 Å². The first kappa shape index (κ1) is 24.7. The van der Waals surface area contributed by atoms with E-state index in [1.807, 2.05) is 23.0 Å². The predicted octanol–water partition coefficient (Wildman–Crippen LogP) is 1.03. The van der Waals surface area contributed by atoms with Crippen molar-refractivity contribution in [3.05, 3.63) is 53.9 Å². The van der Waals surface area contributed by atoms with Crippen molar-refractivity contribution in [1.29, 1.82) is 0 Å². The maximum absolute atomic E-state index is 12.1. The zero-order valence-electron chi connectivity index (χ0n) is 20.5. The summed E-state index contributed by atoms with van der Waals surface area (Å²) in [4.78, 5) is 24.0. The van der Waals surface area contributed by atoms with Gasteiger partial charge < -0.3 is 42.0 Å². The lowest BCUT2D eigenvalue weighted by Crippen LogP contribution is -2.49. The fourth-order valence-corrected chi connectivity index (χ4v) is 4.62. The molecule has 2 aromatic rings. The predicted molar refractivity (Wildman–Crippen MR) is 134 cm³/mol. The maximum Gasteiger partial charge on any atom is 0.266 e. The number of aromatic nitrogens is 2. The third kappa shape index (κ3) is 4.85. The minimum absolute atomic E-state index is 0.0000783. The number of rotatable bonds is 9. The smallest absolute Gasteiger partial charge is 0.266 e. The number of nitrogens with two attached hydrogens (primary N) is 3. The summed E-state index contributed by atoms with van der Waals surface area (Å²) in [6, 6.07) is 5.48. The topological polar surface area (TPSA) is 182 Å². The first-order valence-electron chi connectivity index (χ1n) is 12.2. The molecule has 2 saturated carbocycles. The van der Waals surface area contributed by atoms with Crippen molar-refractivity contribution in [2.45, 2.75) is 37.5 Å². The van der Waals surface area contributed by atoms with Gasteiger partial charge in [-0.25, -0.2) is 0 Å². The van der Waals surface area contributed by atoms with Gasteiger partial charge in [-0.2, -0.15) is 5.10 Å². The lowest BCUT2D eigenvalue weighted by molar-refractivity contribution is -0.242. The number of carbonyl (C=O) groups is 2. The highest BCUT2D eigenvalue weighted by Gasteiger charge is 2.53. The zero-order valence-corrected chi connectivity index (χ0v) is 20.5. The second kappa shape index (κ2) is 9.79. The summed E-state index contributed by atoms with van der Waals surface area (Å²) in [5, 5.41) is 10.3. The van der Waals surface area contributed by atoms with Gasteiger partial charge in [-0.05, 0) is 25.3 Å².